The summed E-state index contributed by atoms with van der Waals surface area (Å²) in [5, 5.41) is 5.31. The third-order valence-corrected chi connectivity index (χ3v) is 2.97. The number of methoxy groups -OCH3 is 1. The van der Waals surface area contributed by atoms with Gasteiger partial charge in [0.15, 0.2) is 11.6 Å². The van der Waals surface area contributed by atoms with Crippen LogP contribution in [0.4, 0.5) is 17.3 Å². The molecule has 3 rings (SSSR count). The quantitative estimate of drug-likeness (QED) is 0.757. The molecule has 100 valence electrons. The highest BCUT2D eigenvalue weighted by Gasteiger charge is 2.10. The minimum absolute atomic E-state index is 0.298. The number of anilines is 3. The van der Waals surface area contributed by atoms with Crippen LogP contribution in [-0.2, 0) is 0 Å². The first-order valence-corrected chi connectivity index (χ1v) is 6.04. The molecule has 0 bridgehead atoms. The van der Waals surface area contributed by atoms with Gasteiger partial charge in [0.1, 0.15) is 6.33 Å². The number of hydrogen-bond acceptors (Lipinski definition) is 6. The SMILES string of the molecule is COc1c(N)ncnc1Nc1cccc2cnccc12. The van der Waals surface area contributed by atoms with Crippen molar-refractivity contribution in [2.24, 2.45) is 0 Å². The molecule has 0 fully saturated rings. The van der Waals surface area contributed by atoms with E-state index in [9.17, 15) is 0 Å². The molecule has 2 aromatic heterocycles. The molecule has 2 heterocycles. The zero-order chi connectivity index (χ0) is 13.9. The minimum Gasteiger partial charge on any atom is -0.490 e. The van der Waals surface area contributed by atoms with Crippen LogP contribution < -0.4 is 15.8 Å². The zero-order valence-corrected chi connectivity index (χ0v) is 10.9. The van der Waals surface area contributed by atoms with Crippen molar-refractivity contribution < 1.29 is 4.74 Å². The first-order chi connectivity index (χ1) is 9.79. The molecular formula is C14H13N5O. The number of nitrogens with one attached hydrogen (secondary N) is 1. The molecule has 1 aromatic carbocycles. The Balaban J connectivity index is 2.08. The summed E-state index contributed by atoms with van der Waals surface area (Å²) in [6.45, 7) is 0. The summed E-state index contributed by atoms with van der Waals surface area (Å²) >= 11 is 0. The highest BCUT2D eigenvalue weighted by Crippen LogP contribution is 2.31. The normalized spacial score (nSPS) is 10.4. The maximum absolute atomic E-state index is 5.77. The fraction of sp³-hybridized carbons (Fsp3) is 0.0714. The van der Waals surface area contributed by atoms with E-state index in [1.807, 2.05) is 30.5 Å². The molecule has 6 heteroatoms. The first kappa shape index (κ1) is 12.2. The standard InChI is InChI=1S/C14H13N5O/c1-20-12-13(15)17-8-18-14(12)19-11-4-2-3-9-7-16-6-5-10(9)11/h2-8H,1H3,(H3,15,17,18,19). The van der Waals surface area contributed by atoms with Gasteiger partial charge in [-0.25, -0.2) is 9.97 Å². The van der Waals surface area contributed by atoms with E-state index in [-0.39, 0.29) is 0 Å². The van der Waals surface area contributed by atoms with Crippen molar-refractivity contribution in [2.45, 2.75) is 0 Å². The van der Waals surface area contributed by atoms with E-state index in [1.54, 1.807) is 6.20 Å². The Morgan fingerprint density at radius 3 is 2.95 bits per heavy atom. The second-order valence-corrected chi connectivity index (χ2v) is 4.17. The molecule has 3 N–H and O–H groups in total. The van der Waals surface area contributed by atoms with Crippen LogP contribution in [0, 0.1) is 0 Å². The molecule has 0 radical (unpaired) electrons. The van der Waals surface area contributed by atoms with Gasteiger partial charge in [0, 0.05) is 28.9 Å². The van der Waals surface area contributed by atoms with Crippen molar-refractivity contribution in [1.82, 2.24) is 15.0 Å². The first-order valence-electron chi connectivity index (χ1n) is 6.04. The van der Waals surface area contributed by atoms with Crippen LogP contribution >= 0.6 is 0 Å². The van der Waals surface area contributed by atoms with Crippen molar-refractivity contribution in [2.75, 3.05) is 18.2 Å². The lowest BCUT2D eigenvalue weighted by Crippen LogP contribution is -2.03. The van der Waals surface area contributed by atoms with Crippen molar-refractivity contribution in [1.29, 1.82) is 0 Å². The molecule has 0 saturated heterocycles. The maximum atomic E-state index is 5.77. The molecule has 0 amide bonds. The largest absolute Gasteiger partial charge is 0.490 e. The van der Waals surface area contributed by atoms with Crippen molar-refractivity contribution in [3.63, 3.8) is 0 Å². The van der Waals surface area contributed by atoms with Crippen LogP contribution in [-0.4, -0.2) is 22.1 Å². The van der Waals surface area contributed by atoms with E-state index < -0.39 is 0 Å². The summed E-state index contributed by atoms with van der Waals surface area (Å²) in [5.41, 5.74) is 6.68. The molecule has 0 aliphatic heterocycles. The predicted molar refractivity (Wildman–Crippen MR) is 78.0 cm³/mol. The number of benzene rings is 1. The van der Waals surface area contributed by atoms with Gasteiger partial charge >= 0.3 is 0 Å². The number of nitrogen functional groups attached to an aromatic ring is 1. The summed E-state index contributed by atoms with van der Waals surface area (Å²) < 4.78 is 5.24. The van der Waals surface area contributed by atoms with E-state index in [0.29, 0.717) is 17.4 Å². The molecule has 0 aliphatic rings. The second-order valence-electron chi connectivity index (χ2n) is 4.17. The highest BCUT2D eigenvalue weighted by atomic mass is 16.5. The van der Waals surface area contributed by atoms with Gasteiger partial charge in [0.05, 0.1) is 7.11 Å². The van der Waals surface area contributed by atoms with E-state index in [4.69, 9.17) is 10.5 Å². The monoisotopic (exact) mass is 267 g/mol. The molecule has 0 aliphatic carbocycles. The van der Waals surface area contributed by atoms with Crippen molar-refractivity contribution in [3.8, 4) is 5.75 Å². The van der Waals surface area contributed by atoms with Crippen LogP contribution in [0.5, 0.6) is 5.75 Å². The number of nitrogens with two attached hydrogens (primary N) is 1. The Labute approximate surface area is 115 Å². The topological polar surface area (TPSA) is 86.0 Å². The number of aromatic nitrogens is 3. The lowest BCUT2D eigenvalue weighted by atomic mass is 10.1. The summed E-state index contributed by atoms with van der Waals surface area (Å²) in [6, 6.07) is 7.84. The number of hydrogen-bond donors (Lipinski definition) is 2. The molecule has 0 unspecified atom stereocenters. The average molecular weight is 267 g/mol. The second kappa shape index (κ2) is 5.00. The van der Waals surface area contributed by atoms with Gasteiger partial charge in [-0.2, -0.15) is 0 Å². The molecule has 0 saturated carbocycles. The lowest BCUT2D eigenvalue weighted by molar-refractivity contribution is 0.415. The van der Waals surface area contributed by atoms with Gasteiger partial charge in [-0.05, 0) is 12.1 Å². The summed E-state index contributed by atoms with van der Waals surface area (Å²) in [6.07, 6.45) is 4.96. The van der Waals surface area contributed by atoms with Crippen molar-refractivity contribution >= 4 is 28.1 Å². The molecular weight excluding hydrogens is 254 g/mol. The van der Waals surface area contributed by atoms with Gasteiger partial charge in [0.2, 0.25) is 5.75 Å². The van der Waals surface area contributed by atoms with Crippen LogP contribution in [0.25, 0.3) is 10.8 Å². The van der Waals surface area contributed by atoms with E-state index in [0.717, 1.165) is 16.5 Å². The third kappa shape index (κ3) is 2.07. The Kier molecular flexibility index (Phi) is 3.04. The predicted octanol–water partition coefficient (Wildman–Crippen LogP) is 2.36. The Morgan fingerprint density at radius 2 is 2.10 bits per heavy atom. The molecule has 3 aromatic rings. The Morgan fingerprint density at radius 1 is 1.20 bits per heavy atom. The minimum atomic E-state index is 0.298. The van der Waals surface area contributed by atoms with Gasteiger partial charge < -0.3 is 15.8 Å². The van der Waals surface area contributed by atoms with Crippen LogP contribution in [0.3, 0.4) is 0 Å². The lowest BCUT2D eigenvalue weighted by Gasteiger charge is -2.12. The number of nitrogens with zero attached hydrogens (tertiary/aromatic N) is 3. The fourth-order valence-corrected chi connectivity index (χ4v) is 2.04. The Hall–Kier alpha value is -2.89. The Bertz CT molecular complexity index is 754. The van der Waals surface area contributed by atoms with Gasteiger partial charge in [0.25, 0.3) is 0 Å². The molecule has 0 spiro atoms. The number of rotatable bonds is 3. The van der Waals surface area contributed by atoms with Gasteiger partial charge in [-0.15, -0.1) is 0 Å². The molecule has 6 nitrogen and oxygen atoms in total. The number of ether oxygens (including phenoxy) is 1. The number of fused-ring (bicyclic) bond motifs is 1. The summed E-state index contributed by atoms with van der Waals surface area (Å²) in [7, 11) is 1.53. The summed E-state index contributed by atoms with van der Waals surface area (Å²) in [5.74, 6) is 1.26. The van der Waals surface area contributed by atoms with Gasteiger partial charge in [-0.1, -0.05) is 12.1 Å². The fourth-order valence-electron chi connectivity index (χ4n) is 2.04. The molecule has 20 heavy (non-hydrogen) atoms. The maximum Gasteiger partial charge on any atom is 0.204 e. The number of pyridine rings is 1. The van der Waals surface area contributed by atoms with Crippen molar-refractivity contribution in [3.05, 3.63) is 43.0 Å². The van der Waals surface area contributed by atoms with Gasteiger partial charge in [-0.3, -0.25) is 4.98 Å². The highest BCUT2D eigenvalue weighted by molar-refractivity contribution is 5.95. The van der Waals surface area contributed by atoms with Crippen LogP contribution in [0.2, 0.25) is 0 Å². The summed E-state index contributed by atoms with van der Waals surface area (Å²) in [4.78, 5) is 12.2. The third-order valence-electron chi connectivity index (χ3n) is 2.97. The van der Waals surface area contributed by atoms with Crippen LogP contribution in [0.1, 0.15) is 0 Å². The van der Waals surface area contributed by atoms with E-state index in [1.165, 1.54) is 13.4 Å². The van der Waals surface area contributed by atoms with Crippen LogP contribution in [0.15, 0.2) is 43.0 Å². The average Bonchev–Trinajstić information content (AvgIpc) is 2.48. The van der Waals surface area contributed by atoms with E-state index in [2.05, 4.69) is 20.3 Å². The molecule has 0 atom stereocenters. The smallest absolute Gasteiger partial charge is 0.204 e. The zero-order valence-electron chi connectivity index (χ0n) is 10.9. The van der Waals surface area contributed by atoms with E-state index >= 15 is 0 Å².